The Morgan fingerprint density at radius 2 is 2.15 bits per heavy atom. The van der Waals surface area contributed by atoms with Crippen LogP contribution in [0.5, 0.6) is 0 Å². The van der Waals surface area contributed by atoms with Crippen molar-refractivity contribution < 1.29 is 13.6 Å². The van der Waals surface area contributed by atoms with Gasteiger partial charge in [-0.1, -0.05) is 0 Å². The Kier molecular flexibility index (Phi) is 4.32. The Morgan fingerprint density at radius 1 is 1.31 bits per heavy atom. The Labute approximate surface area is 153 Å². The minimum atomic E-state index is -0.470. The fraction of sp³-hybridized carbons (Fsp3) is 0.278. The number of fused-ring (bicyclic) bond motifs is 1. The molecule has 0 saturated carbocycles. The van der Waals surface area contributed by atoms with Crippen LogP contribution in [0.3, 0.4) is 0 Å². The van der Waals surface area contributed by atoms with Crippen molar-refractivity contribution in [2.24, 2.45) is 0 Å². The van der Waals surface area contributed by atoms with E-state index in [-0.39, 0.29) is 17.7 Å². The van der Waals surface area contributed by atoms with E-state index in [1.165, 1.54) is 16.8 Å². The summed E-state index contributed by atoms with van der Waals surface area (Å²) in [6, 6.07) is 4.93. The highest BCUT2D eigenvalue weighted by molar-refractivity contribution is 6.31. The number of aromatic nitrogens is 3. The molecule has 134 valence electrons. The molecule has 0 aliphatic carbocycles. The second-order valence-electron chi connectivity index (χ2n) is 6.19. The highest BCUT2D eigenvalue weighted by Crippen LogP contribution is 2.36. The zero-order valence-electron chi connectivity index (χ0n) is 13.7. The molecule has 0 spiro atoms. The van der Waals surface area contributed by atoms with E-state index in [1.807, 2.05) is 4.90 Å². The number of alkyl halides is 1. The minimum absolute atomic E-state index is 0.159. The van der Waals surface area contributed by atoms with Crippen LogP contribution in [0.2, 0.25) is 0 Å². The number of rotatable bonds is 4. The zero-order chi connectivity index (χ0) is 18.3. The van der Waals surface area contributed by atoms with Crippen LogP contribution in [-0.2, 0) is 0 Å². The van der Waals surface area contributed by atoms with E-state index in [2.05, 4.69) is 10.1 Å². The number of Topliss-reactive ketones (excluding diaryl/α,β-unsaturated/α-hetero) is 1. The van der Waals surface area contributed by atoms with Gasteiger partial charge in [0, 0.05) is 18.3 Å². The van der Waals surface area contributed by atoms with E-state index in [4.69, 9.17) is 11.6 Å². The van der Waals surface area contributed by atoms with E-state index in [0.29, 0.717) is 35.6 Å². The number of nitrogens with zero attached hydrogens (tertiary/aromatic N) is 4. The topological polar surface area (TPSA) is 50.5 Å². The number of hydrogen-bond donors (Lipinski definition) is 0. The predicted molar refractivity (Wildman–Crippen MR) is 93.7 cm³/mol. The summed E-state index contributed by atoms with van der Waals surface area (Å²) in [5.74, 6) is -0.740. The van der Waals surface area contributed by atoms with Crippen molar-refractivity contribution >= 4 is 28.8 Å². The zero-order valence-corrected chi connectivity index (χ0v) is 14.5. The Hall–Kier alpha value is -2.54. The highest BCUT2D eigenvalue weighted by Gasteiger charge is 2.30. The molecule has 1 unspecified atom stereocenters. The van der Waals surface area contributed by atoms with Gasteiger partial charge < -0.3 is 4.90 Å². The second kappa shape index (κ2) is 6.64. The molecule has 1 aliphatic heterocycles. The number of ketones is 1. The molecule has 1 fully saturated rings. The summed E-state index contributed by atoms with van der Waals surface area (Å²) in [5, 5.41) is 4.10. The first-order chi connectivity index (χ1) is 12.6. The summed E-state index contributed by atoms with van der Waals surface area (Å²) in [5.41, 5.74) is 1.06. The molecular formula is C18H15ClF2N4O. The third-order valence-corrected chi connectivity index (χ3v) is 4.88. The molecule has 0 amide bonds. The van der Waals surface area contributed by atoms with Crippen LogP contribution in [0, 0.1) is 11.6 Å². The molecule has 1 aliphatic rings. The lowest BCUT2D eigenvalue weighted by Crippen LogP contribution is -2.24. The van der Waals surface area contributed by atoms with Crippen molar-refractivity contribution in [1.29, 1.82) is 0 Å². The summed E-state index contributed by atoms with van der Waals surface area (Å²) < 4.78 is 29.4. The summed E-state index contributed by atoms with van der Waals surface area (Å²) >= 11 is 5.64. The molecule has 1 atom stereocenters. The van der Waals surface area contributed by atoms with Crippen molar-refractivity contribution in [3.63, 3.8) is 0 Å². The molecule has 5 nitrogen and oxygen atoms in total. The summed E-state index contributed by atoms with van der Waals surface area (Å²) in [4.78, 5) is 18.4. The van der Waals surface area contributed by atoms with Crippen LogP contribution in [0.4, 0.5) is 14.6 Å². The summed E-state index contributed by atoms with van der Waals surface area (Å²) in [6.45, 7) is 0.663. The van der Waals surface area contributed by atoms with Crippen molar-refractivity contribution in [1.82, 2.24) is 14.6 Å². The Balaban J connectivity index is 1.76. The third kappa shape index (κ3) is 2.82. The maximum atomic E-state index is 14.2. The van der Waals surface area contributed by atoms with Gasteiger partial charge in [0.15, 0.2) is 11.4 Å². The van der Waals surface area contributed by atoms with Crippen LogP contribution < -0.4 is 4.90 Å². The van der Waals surface area contributed by atoms with Gasteiger partial charge >= 0.3 is 0 Å². The van der Waals surface area contributed by atoms with Gasteiger partial charge in [-0.05, 0) is 37.1 Å². The van der Waals surface area contributed by atoms with E-state index in [9.17, 15) is 13.6 Å². The van der Waals surface area contributed by atoms with Gasteiger partial charge in [0.05, 0.1) is 23.7 Å². The number of anilines is 1. The molecular weight excluding hydrogens is 362 g/mol. The lowest BCUT2D eigenvalue weighted by Gasteiger charge is -2.26. The second-order valence-corrected chi connectivity index (χ2v) is 6.45. The van der Waals surface area contributed by atoms with Crippen molar-refractivity contribution in [2.45, 2.75) is 18.9 Å². The standard InChI is InChI=1S/C18H15ClF2N4O/c19-9-16(26)13-10-22-25-7-5-17(23-18(13)25)24-6-1-2-15(24)12-8-11(20)3-4-14(12)21/h3-5,7-8,10,15H,1-2,6,9H2. The molecule has 3 heterocycles. The Morgan fingerprint density at radius 3 is 2.96 bits per heavy atom. The van der Waals surface area contributed by atoms with E-state index in [0.717, 1.165) is 18.6 Å². The van der Waals surface area contributed by atoms with Crippen molar-refractivity contribution in [3.05, 3.63) is 59.4 Å². The SMILES string of the molecule is O=C(CCl)c1cnn2ccc(N3CCCC3c3cc(F)ccc3F)nc12. The molecule has 0 bridgehead atoms. The molecule has 0 radical (unpaired) electrons. The molecule has 1 aromatic carbocycles. The van der Waals surface area contributed by atoms with Crippen molar-refractivity contribution in [2.75, 3.05) is 17.3 Å². The predicted octanol–water partition coefficient (Wildman–Crippen LogP) is 3.77. The Bertz CT molecular complexity index is 990. The van der Waals surface area contributed by atoms with Crippen LogP contribution in [0.1, 0.15) is 34.8 Å². The van der Waals surface area contributed by atoms with E-state index in [1.54, 1.807) is 12.3 Å². The first kappa shape index (κ1) is 16.9. The normalized spacial score (nSPS) is 17.2. The van der Waals surface area contributed by atoms with Crippen LogP contribution in [-0.4, -0.2) is 32.8 Å². The van der Waals surface area contributed by atoms with Crippen LogP contribution in [0.15, 0.2) is 36.7 Å². The fourth-order valence-corrected chi connectivity index (χ4v) is 3.57. The maximum Gasteiger partial charge on any atom is 0.183 e. The molecule has 1 saturated heterocycles. The lowest BCUT2D eigenvalue weighted by atomic mass is 10.0. The lowest BCUT2D eigenvalue weighted by molar-refractivity contribution is 0.102. The molecule has 2 aromatic heterocycles. The maximum absolute atomic E-state index is 14.2. The van der Waals surface area contributed by atoms with Gasteiger partial charge in [0.2, 0.25) is 0 Å². The van der Waals surface area contributed by atoms with Gasteiger partial charge in [-0.2, -0.15) is 5.10 Å². The summed E-state index contributed by atoms with van der Waals surface area (Å²) in [7, 11) is 0. The molecule has 8 heteroatoms. The average molecular weight is 377 g/mol. The van der Waals surface area contributed by atoms with Crippen molar-refractivity contribution in [3.8, 4) is 0 Å². The van der Waals surface area contributed by atoms with Gasteiger partial charge in [-0.15, -0.1) is 11.6 Å². The fourth-order valence-electron chi connectivity index (χ4n) is 3.42. The number of benzene rings is 1. The van der Waals surface area contributed by atoms with Gasteiger partial charge in [0.1, 0.15) is 17.5 Å². The van der Waals surface area contributed by atoms with Crippen LogP contribution >= 0.6 is 11.6 Å². The average Bonchev–Trinajstić information content (AvgIpc) is 3.29. The highest BCUT2D eigenvalue weighted by atomic mass is 35.5. The van der Waals surface area contributed by atoms with Crippen LogP contribution in [0.25, 0.3) is 5.65 Å². The van der Waals surface area contributed by atoms with Gasteiger partial charge in [-0.3, -0.25) is 4.79 Å². The van der Waals surface area contributed by atoms with Gasteiger partial charge in [0.25, 0.3) is 0 Å². The largest absolute Gasteiger partial charge is 0.349 e. The number of hydrogen-bond acceptors (Lipinski definition) is 4. The third-order valence-electron chi connectivity index (χ3n) is 4.64. The van der Waals surface area contributed by atoms with E-state index >= 15 is 0 Å². The number of carbonyl (C=O) groups excluding carboxylic acids is 1. The number of halogens is 3. The molecule has 3 aromatic rings. The monoisotopic (exact) mass is 376 g/mol. The minimum Gasteiger partial charge on any atom is -0.349 e. The summed E-state index contributed by atoms with van der Waals surface area (Å²) in [6.07, 6.45) is 4.66. The van der Waals surface area contributed by atoms with E-state index < -0.39 is 11.6 Å². The first-order valence-electron chi connectivity index (χ1n) is 8.23. The first-order valence-corrected chi connectivity index (χ1v) is 8.77. The number of carbonyl (C=O) groups is 1. The smallest absolute Gasteiger partial charge is 0.183 e. The van der Waals surface area contributed by atoms with Gasteiger partial charge in [-0.25, -0.2) is 18.3 Å². The molecule has 26 heavy (non-hydrogen) atoms. The molecule has 4 rings (SSSR count). The molecule has 0 N–H and O–H groups in total. The quantitative estimate of drug-likeness (QED) is 0.513.